The van der Waals surface area contributed by atoms with Crippen LogP contribution in [0.25, 0.3) is 0 Å². The van der Waals surface area contributed by atoms with E-state index in [0.29, 0.717) is 50.3 Å². The zero-order valence-corrected chi connectivity index (χ0v) is 35.6. The van der Waals surface area contributed by atoms with Crippen molar-refractivity contribution in [1.29, 1.82) is 0 Å². The number of ketones is 3. The fourth-order valence-corrected chi connectivity index (χ4v) is 5.94. The number of carbonyl (C=O) groups is 8. The Hall–Kier alpha value is -3.32. The van der Waals surface area contributed by atoms with Gasteiger partial charge in [-0.2, -0.15) is 0 Å². The van der Waals surface area contributed by atoms with Crippen LogP contribution in [-0.2, 0) is 57.3 Å². The van der Waals surface area contributed by atoms with E-state index in [1.807, 2.05) is 0 Å². The molecule has 1 unspecified atom stereocenters. The van der Waals surface area contributed by atoms with Gasteiger partial charge in [0.05, 0.1) is 44.3 Å². The minimum atomic E-state index is -1.19. The molecular weight excluding hydrogens is 828 g/mol. The summed E-state index contributed by atoms with van der Waals surface area (Å²) < 4.78 is 21.3. The van der Waals surface area contributed by atoms with Gasteiger partial charge in [0.25, 0.3) is 0 Å². The number of carboxylic acids is 3. The Balaban J connectivity index is 3.77. The zero-order valence-electron chi connectivity index (χ0n) is 34.0. The molecule has 0 fully saturated rings. The largest absolute Gasteiger partial charge is 0.481 e. The highest BCUT2D eigenvalue weighted by Gasteiger charge is 2.22. The molecule has 334 valence electrons. The molecule has 0 aromatic carbocycles. The Morgan fingerprint density at radius 1 is 0.483 bits per heavy atom. The number of hydrogen-bond donors (Lipinski definition) is 5. The van der Waals surface area contributed by atoms with Gasteiger partial charge in [-0.15, -0.1) is 0 Å². The quantitative estimate of drug-likeness (QED) is 0.0419. The maximum atomic E-state index is 12.3. The topological polar surface area (TPSA) is 258 Å². The molecule has 17 nitrogen and oxygen atoms in total. The molecule has 0 aliphatic carbocycles. The minimum Gasteiger partial charge on any atom is -0.481 e. The van der Waals surface area contributed by atoms with Gasteiger partial charge in [0, 0.05) is 51.7 Å². The lowest BCUT2D eigenvalue weighted by molar-refractivity contribution is -0.144. The molecule has 5 N–H and O–H groups in total. The van der Waals surface area contributed by atoms with Gasteiger partial charge in [-0.3, -0.25) is 33.6 Å². The number of halogens is 1. The average Bonchev–Trinajstić information content (AvgIpc) is 3.17. The molecule has 2 atom stereocenters. The normalized spacial score (nSPS) is 12.1. The summed E-state index contributed by atoms with van der Waals surface area (Å²) in [6.07, 6.45) is 10.8. The number of alkyl halides is 1. The summed E-state index contributed by atoms with van der Waals surface area (Å²) in [7, 11) is 0. The molecule has 58 heavy (non-hydrogen) atoms. The van der Waals surface area contributed by atoms with Crippen molar-refractivity contribution >= 4 is 63.0 Å². The van der Waals surface area contributed by atoms with Crippen molar-refractivity contribution < 1.29 is 72.6 Å². The number of rotatable bonds is 43. The van der Waals surface area contributed by atoms with Crippen LogP contribution in [0.4, 0.5) is 0 Å². The van der Waals surface area contributed by atoms with E-state index in [1.54, 1.807) is 0 Å². The Kier molecular flexibility index (Phi) is 35.7. The maximum Gasteiger partial charge on any atom is 0.326 e. The summed E-state index contributed by atoms with van der Waals surface area (Å²) in [5.41, 5.74) is 0. The van der Waals surface area contributed by atoms with Gasteiger partial charge in [-0.05, 0) is 38.5 Å². The summed E-state index contributed by atoms with van der Waals surface area (Å²) in [6, 6.07) is -1.13. The fraction of sp³-hybridized carbons (Fsp3) is 0.800. The number of carboxylic acid groups (broad SMARTS) is 3. The van der Waals surface area contributed by atoms with E-state index in [-0.39, 0.29) is 127 Å². The van der Waals surface area contributed by atoms with Gasteiger partial charge in [-0.1, -0.05) is 67.3 Å². The Bertz CT molecular complexity index is 1200. The third kappa shape index (κ3) is 35.8. The molecule has 18 heteroatoms. The van der Waals surface area contributed by atoms with Crippen molar-refractivity contribution in [2.24, 2.45) is 5.92 Å². The van der Waals surface area contributed by atoms with Crippen LogP contribution >= 0.6 is 15.9 Å². The van der Waals surface area contributed by atoms with Crippen molar-refractivity contribution in [3.8, 4) is 0 Å². The molecule has 0 spiro atoms. The highest BCUT2D eigenvalue weighted by atomic mass is 79.9. The Morgan fingerprint density at radius 2 is 1.03 bits per heavy atom. The lowest BCUT2D eigenvalue weighted by Crippen LogP contribution is -2.41. The first-order chi connectivity index (χ1) is 27.8. The van der Waals surface area contributed by atoms with E-state index in [9.17, 15) is 48.6 Å². The van der Waals surface area contributed by atoms with Gasteiger partial charge in [0.2, 0.25) is 11.8 Å². The third-order valence-electron chi connectivity index (χ3n) is 8.92. The molecule has 0 aromatic heterocycles. The van der Waals surface area contributed by atoms with Crippen molar-refractivity contribution in [2.45, 2.75) is 134 Å². The smallest absolute Gasteiger partial charge is 0.326 e. The predicted octanol–water partition coefficient (Wildman–Crippen LogP) is 4.43. The van der Waals surface area contributed by atoms with Gasteiger partial charge in [0.1, 0.15) is 30.8 Å². The average molecular weight is 896 g/mol. The number of unbranched alkanes of at least 4 members (excludes halogenated alkanes) is 9. The SMILES string of the molecule is O=C(O)CCCCCCCCCCC(=O)N[C@@H](CCC(=O)CCCOCCOCC(=O)NCCOCCOCC(=O)CC(CCCCCC(=O)CBr)C(=O)O)C(=O)O. The predicted molar refractivity (Wildman–Crippen MR) is 216 cm³/mol. The van der Waals surface area contributed by atoms with Crippen LogP contribution in [0.1, 0.15) is 128 Å². The second-order valence-electron chi connectivity index (χ2n) is 14.1. The molecular formula is C40H67BrN2O15. The number of carbonyl (C=O) groups excluding carboxylic acids is 5. The van der Waals surface area contributed by atoms with Crippen molar-refractivity contribution in [2.75, 3.05) is 64.7 Å². The number of ether oxygens (including phenoxy) is 4. The van der Waals surface area contributed by atoms with Gasteiger partial charge < -0.3 is 44.9 Å². The van der Waals surface area contributed by atoms with Crippen LogP contribution in [0.5, 0.6) is 0 Å². The molecule has 0 radical (unpaired) electrons. The van der Waals surface area contributed by atoms with Crippen molar-refractivity contribution in [1.82, 2.24) is 10.6 Å². The molecule has 0 saturated carbocycles. The van der Waals surface area contributed by atoms with Crippen molar-refractivity contribution in [3.05, 3.63) is 0 Å². The van der Waals surface area contributed by atoms with E-state index >= 15 is 0 Å². The number of amides is 2. The van der Waals surface area contributed by atoms with Crippen LogP contribution in [0.15, 0.2) is 0 Å². The lowest BCUT2D eigenvalue weighted by atomic mass is 9.95. The van der Waals surface area contributed by atoms with Crippen LogP contribution in [0.2, 0.25) is 0 Å². The lowest BCUT2D eigenvalue weighted by Gasteiger charge is -2.14. The molecule has 2 amide bonds. The van der Waals surface area contributed by atoms with Gasteiger partial charge in [-0.25, -0.2) is 4.79 Å². The fourth-order valence-electron chi connectivity index (χ4n) is 5.66. The molecule has 0 aromatic rings. The molecule has 0 heterocycles. The second kappa shape index (κ2) is 37.9. The third-order valence-corrected chi connectivity index (χ3v) is 9.55. The van der Waals surface area contributed by atoms with Crippen LogP contribution in [0.3, 0.4) is 0 Å². The summed E-state index contributed by atoms with van der Waals surface area (Å²) in [5.74, 6) is -4.81. The van der Waals surface area contributed by atoms with Crippen LogP contribution < -0.4 is 10.6 Å². The number of hydrogen-bond acceptors (Lipinski definition) is 12. The van der Waals surface area contributed by atoms with Crippen LogP contribution in [0, 0.1) is 5.92 Å². The maximum absolute atomic E-state index is 12.3. The molecule has 0 saturated heterocycles. The monoisotopic (exact) mass is 894 g/mol. The Morgan fingerprint density at radius 3 is 1.66 bits per heavy atom. The second-order valence-corrected chi connectivity index (χ2v) is 14.7. The number of nitrogens with one attached hydrogen (secondary N) is 2. The van der Waals surface area contributed by atoms with Crippen LogP contribution in [-0.4, -0.2) is 133 Å². The first kappa shape index (κ1) is 54.7. The highest BCUT2D eigenvalue weighted by Crippen LogP contribution is 2.16. The van der Waals surface area contributed by atoms with Crippen molar-refractivity contribution in [3.63, 3.8) is 0 Å². The van der Waals surface area contributed by atoms with E-state index in [4.69, 9.17) is 24.1 Å². The molecule has 0 bridgehead atoms. The summed E-state index contributed by atoms with van der Waals surface area (Å²) >= 11 is 3.11. The molecule has 0 rings (SSSR count). The summed E-state index contributed by atoms with van der Waals surface area (Å²) in [6.45, 7) is 1.02. The summed E-state index contributed by atoms with van der Waals surface area (Å²) in [5, 5.41) is 33.0. The minimum absolute atomic E-state index is 0.00543. The Labute approximate surface area is 350 Å². The van der Waals surface area contributed by atoms with E-state index in [2.05, 4.69) is 26.6 Å². The zero-order chi connectivity index (χ0) is 43.2. The molecule has 0 aliphatic heterocycles. The standard InChI is InChI=1S/C40H67BrN2O15/c41-28-33(45)14-9-7-8-13-31(39(51)52)27-34(46)29-57-25-24-56-22-20-42-37(48)30-58-26-23-55-21-12-15-32(44)18-19-35(40(53)54)43-36(47)16-10-5-3-1-2-4-6-11-17-38(49)50/h31,35H,1-30H2,(H,42,48)(H,43,47)(H,49,50)(H,51,52)(H,53,54)/t31?,35-/m0/s1. The first-order valence-corrected chi connectivity index (χ1v) is 21.6. The van der Waals surface area contributed by atoms with E-state index < -0.39 is 29.9 Å². The first-order valence-electron chi connectivity index (χ1n) is 20.5. The highest BCUT2D eigenvalue weighted by molar-refractivity contribution is 9.09. The van der Waals surface area contributed by atoms with Gasteiger partial charge >= 0.3 is 17.9 Å². The number of aliphatic carboxylic acids is 3. The van der Waals surface area contributed by atoms with Gasteiger partial charge in [0.15, 0.2) is 5.78 Å². The summed E-state index contributed by atoms with van der Waals surface area (Å²) in [4.78, 5) is 93.4. The molecule has 0 aliphatic rings. The number of Topliss-reactive ketones (excluding diaryl/α,β-unsaturated/α-hetero) is 3. The van der Waals surface area contributed by atoms with E-state index in [1.165, 1.54) is 0 Å². The van der Waals surface area contributed by atoms with E-state index in [0.717, 1.165) is 44.9 Å².